The summed E-state index contributed by atoms with van der Waals surface area (Å²) in [5.74, 6) is -2.45. The first-order valence-corrected chi connectivity index (χ1v) is 5.33. The van der Waals surface area contributed by atoms with E-state index in [1.807, 2.05) is 0 Å². The van der Waals surface area contributed by atoms with Crippen molar-refractivity contribution < 1.29 is 27.9 Å². The third kappa shape index (κ3) is 4.99. The minimum atomic E-state index is -4.64. The smallest absolute Gasteiger partial charge is 0.406 e. The van der Waals surface area contributed by atoms with Crippen LogP contribution in [0.3, 0.4) is 0 Å². The molecule has 4 nitrogen and oxygen atoms in total. The van der Waals surface area contributed by atoms with E-state index in [0.717, 1.165) is 5.56 Å². The van der Waals surface area contributed by atoms with Crippen molar-refractivity contribution >= 4 is 11.9 Å². The van der Waals surface area contributed by atoms with Gasteiger partial charge in [0.1, 0.15) is 13.1 Å². The van der Waals surface area contributed by atoms with Gasteiger partial charge in [-0.3, -0.25) is 9.59 Å². The van der Waals surface area contributed by atoms with Crippen LogP contribution >= 0.6 is 0 Å². The number of alkyl halides is 3. The fraction of sp³-hybridized carbons (Fsp3) is 0.333. The number of carbonyl (C=O) groups excluding carboxylic acids is 1. The molecule has 0 atom stereocenters. The molecule has 19 heavy (non-hydrogen) atoms. The molecular formula is C12H12F3NO3. The van der Waals surface area contributed by atoms with Gasteiger partial charge in [-0.25, -0.2) is 0 Å². The average Bonchev–Trinajstić information content (AvgIpc) is 2.25. The molecule has 0 spiro atoms. The molecule has 1 aromatic carbocycles. The second-order valence-corrected chi connectivity index (χ2v) is 4.04. The molecule has 0 bridgehead atoms. The number of carboxylic acids is 1. The lowest BCUT2D eigenvalue weighted by atomic mass is 10.1. The molecule has 0 aromatic heterocycles. The van der Waals surface area contributed by atoms with Crippen LogP contribution in [-0.4, -0.2) is 41.1 Å². The Balaban J connectivity index is 2.93. The third-order valence-corrected chi connectivity index (χ3v) is 2.28. The highest BCUT2D eigenvalue weighted by molar-refractivity contribution is 5.95. The number of rotatable bonds is 4. The summed E-state index contributed by atoms with van der Waals surface area (Å²) in [6, 6.07) is 5.87. The van der Waals surface area contributed by atoms with Gasteiger partial charge >= 0.3 is 12.1 Å². The third-order valence-electron chi connectivity index (χ3n) is 2.28. The zero-order valence-corrected chi connectivity index (χ0v) is 10.1. The Morgan fingerprint density at radius 2 is 1.74 bits per heavy atom. The van der Waals surface area contributed by atoms with Gasteiger partial charge < -0.3 is 10.0 Å². The largest absolute Gasteiger partial charge is 0.480 e. The van der Waals surface area contributed by atoms with Crippen molar-refractivity contribution in [3.8, 4) is 0 Å². The fourth-order valence-electron chi connectivity index (χ4n) is 1.46. The van der Waals surface area contributed by atoms with Crippen molar-refractivity contribution in [2.24, 2.45) is 0 Å². The molecule has 104 valence electrons. The van der Waals surface area contributed by atoms with Gasteiger partial charge in [-0.15, -0.1) is 0 Å². The molecule has 0 radical (unpaired) electrons. The van der Waals surface area contributed by atoms with Crippen LogP contribution in [0.15, 0.2) is 24.3 Å². The van der Waals surface area contributed by atoms with E-state index in [1.54, 1.807) is 19.1 Å². The number of aryl methyl sites for hydroxylation is 1. The molecule has 0 aliphatic rings. The van der Waals surface area contributed by atoms with Crippen LogP contribution in [0.2, 0.25) is 0 Å². The van der Waals surface area contributed by atoms with Gasteiger partial charge in [0, 0.05) is 5.56 Å². The summed E-state index contributed by atoms with van der Waals surface area (Å²) < 4.78 is 36.9. The summed E-state index contributed by atoms with van der Waals surface area (Å²) >= 11 is 0. The number of carbonyl (C=O) groups is 2. The van der Waals surface area contributed by atoms with E-state index in [1.165, 1.54) is 12.1 Å². The van der Waals surface area contributed by atoms with Crippen LogP contribution in [0.4, 0.5) is 13.2 Å². The average molecular weight is 275 g/mol. The van der Waals surface area contributed by atoms with Crippen molar-refractivity contribution in [3.05, 3.63) is 35.4 Å². The number of hydrogen-bond donors (Lipinski definition) is 1. The minimum absolute atomic E-state index is 0.0242. The number of benzene rings is 1. The first-order valence-electron chi connectivity index (χ1n) is 5.33. The van der Waals surface area contributed by atoms with Crippen molar-refractivity contribution in [3.63, 3.8) is 0 Å². The monoisotopic (exact) mass is 275 g/mol. The standard InChI is InChI=1S/C12H12F3NO3/c1-8-2-4-9(5-3-8)11(19)16(6-10(17)18)7-12(13,14)15/h2-5H,6-7H2,1H3,(H,17,18). The molecule has 1 aromatic rings. The zero-order valence-electron chi connectivity index (χ0n) is 10.1. The van der Waals surface area contributed by atoms with E-state index >= 15 is 0 Å². The van der Waals surface area contributed by atoms with Gasteiger partial charge in [-0.2, -0.15) is 13.2 Å². The number of halogens is 3. The van der Waals surface area contributed by atoms with E-state index in [2.05, 4.69) is 0 Å². The molecule has 0 aliphatic carbocycles. The molecule has 0 saturated heterocycles. The van der Waals surface area contributed by atoms with Crippen molar-refractivity contribution in [1.29, 1.82) is 0 Å². The fourth-order valence-corrected chi connectivity index (χ4v) is 1.46. The maximum Gasteiger partial charge on any atom is 0.406 e. The Morgan fingerprint density at radius 1 is 1.21 bits per heavy atom. The Labute approximate surface area is 107 Å². The van der Waals surface area contributed by atoms with E-state index < -0.39 is 31.1 Å². The predicted molar refractivity (Wildman–Crippen MR) is 60.8 cm³/mol. The number of nitrogens with zero attached hydrogens (tertiary/aromatic N) is 1. The summed E-state index contributed by atoms with van der Waals surface area (Å²) in [4.78, 5) is 22.6. The molecule has 0 heterocycles. The molecular weight excluding hydrogens is 263 g/mol. The lowest BCUT2D eigenvalue weighted by Crippen LogP contribution is -2.42. The van der Waals surface area contributed by atoms with Crippen LogP contribution in [-0.2, 0) is 4.79 Å². The molecule has 0 saturated carbocycles. The van der Waals surface area contributed by atoms with Crippen LogP contribution in [0.25, 0.3) is 0 Å². The Bertz CT molecular complexity index is 468. The Morgan fingerprint density at radius 3 is 2.16 bits per heavy atom. The minimum Gasteiger partial charge on any atom is -0.480 e. The Kier molecular flexibility index (Phi) is 4.52. The summed E-state index contributed by atoms with van der Waals surface area (Å²) in [6.45, 7) is -0.822. The first kappa shape index (κ1) is 15.0. The lowest BCUT2D eigenvalue weighted by molar-refractivity contribution is -0.149. The molecule has 0 aliphatic heterocycles. The highest BCUT2D eigenvalue weighted by Crippen LogP contribution is 2.18. The molecule has 1 rings (SSSR count). The van der Waals surface area contributed by atoms with Crippen LogP contribution in [0.1, 0.15) is 15.9 Å². The number of carboxylic acid groups (broad SMARTS) is 1. The predicted octanol–water partition coefficient (Wildman–Crippen LogP) is 2.08. The number of aliphatic carboxylic acids is 1. The molecule has 7 heteroatoms. The van der Waals surface area contributed by atoms with Gasteiger partial charge in [-0.05, 0) is 19.1 Å². The van der Waals surface area contributed by atoms with Crippen LogP contribution in [0.5, 0.6) is 0 Å². The highest BCUT2D eigenvalue weighted by atomic mass is 19.4. The van der Waals surface area contributed by atoms with Gasteiger partial charge in [0.05, 0.1) is 0 Å². The van der Waals surface area contributed by atoms with E-state index in [0.29, 0.717) is 0 Å². The van der Waals surface area contributed by atoms with Crippen LogP contribution in [0, 0.1) is 6.92 Å². The summed E-state index contributed by atoms with van der Waals surface area (Å²) in [6.07, 6.45) is -4.64. The van der Waals surface area contributed by atoms with Gasteiger partial charge in [0.25, 0.3) is 5.91 Å². The van der Waals surface area contributed by atoms with E-state index in [9.17, 15) is 22.8 Å². The van der Waals surface area contributed by atoms with Gasteiger partial charge in [0.2, 0.25) is 0 Å². The maximum atomic E-state index is 12.3. The Hall–Kier alpha value is -2.05. The topological polar surface area (TPSA) is 57.6 Å². The van der Waals surface area contributed by atoms with E-state index in [4.69, 9.17) is 5.11 Å². The van der Waals surface area contributed by atoms with Crippen molar-refractivity contribution in [2.75, 3.05) is 13.1 Å². The second kappa shape index (κ2) is 5.73. The van der Waals surface area contributed by atoms with Crippen molar-refractivity contribution in [1.82, 2.24) is 4.90 Å². The molecule has 1 N–H and O–H groups in total. The van der Waals surface area contributed by atoms with E-state index in [-0.39, 0.29) is 10.5 Å². The highest BCUT2D eigenvalue weighted by Gasteiger charge is 2.34. The number of amides is 1. The number of hydrogen-bond acceptors (Lipinski definition) is 2. The zero-order chi connectivity index (χ0) is 14.6. The summed E-state index contributed by atoms with van der Waals surface area (Å²) in [5.41, 5.74) is 0.869. The van der Waals surface area contributed by atoms with Gasteiger partial charge in [0.15, 0.2) is 0 Å². The summed E-state index contributed by atoms with van der Waals surface area (Å²) in [7, 11) is 0. The molecule has 1 amide bonds. The maximum absolute atomic E-state index is 12.3. The van der Waals surface area contributed by atoms with Crippen LogP contribution < -0.4 is 0 Å². The molecule has 0 fully saturated rings. The normalized spacial score (nSPS) is 11.2. The molecule has 0 unspecified atom stereocenters. The SMILES string of the molecule is Cc1ccc(C(=O)N(CC(=O)O)CC(F)(F)F)cc1. The quantitative estimate of drug-likeness (QED) is 0.915. The first-order chi connectivity index (χ1) is 8.69. The van der Waals surface area contributed by atoms with Crippen molar-refractivity contribution in [2.45, 2.75) is 13.1 Å². The second-order valence-electron chi connectivity index (χ2n) is 4.04. The lowest BCUT2D eigenvalue weighted by Gasteiger charge is -2.22. The summed E-state index contributed by atoms with van der Waals surface area (Å²) in [5, 5.41) is 8.56. The van der Waals surface area contributed by atoms with Gasteiger partial charge in [-0.1, -0.05) is 17.7 Å².